The molecular weight excluding hydrogens is 254 g/mol. The first-order chi connectivity index (χ1) is 9.43. The summed E-state index contributed by atoms with van der Waals surface area (Å²) in [7, 11) is 0. The average Bonchev–Trinajstić information content (AvgIpc) is 2.80. The maximum absolute atomic E-state index is 12.6. The maximum Gasteiger partial charge on any atom is 0.417 e. The summed E-state index contributed by atoms with van der Waals surface area (Å²) in [5, 5.41) is 0. The van der Waals surface area contributed by atoms with Gasteiger partial charge in [-0.25, -0.2) is 9.69 Å². The van der Waals surface area contributed by atoms with E-state index in [1.165, 1.54) is 4.90 Å². The Morgan fingerprint density at radius 1 is 1.30 bits per heavy atom. The van der Waals surface area contributed by atoms with E-state index in [9.17, 15) is 9.59 Å². The summed E-state index contributed by atoms with van der Waals surface area (Å²) in [6, 6.07) is 7.60. The number of ether oxygens (including phenoxy) is 1. The van der Waals surface area contributed by atoms with Crippen molar-refractivity contribution in [2.24, 2.45) is 5.92 Å². The lowest BCUT2D eigenvalue weighted by Gasteiger charge is -2.26. The van der Waals surface area contributed by atoms with Crippen LogP contribution in [-0.2, 0) is 9.53 Å². The molecule has 108 valence electrons. The van der Waals surface area contributed by atoms with Crippen LogP contribution in [0.2, 0.25) is 0 Å². The van der Waals surface area contributed by atoms with Gasteiger partial charge in [0.1, 0.15) is 6.61 Å². The Bertz CT molecular complexity index is 524. The predicted octanol–water partition coefficient (Wildman–Crippen LogP) is 3.10. The second-order valence-electron chi connectivity index (χ2n) is 5.67. The van der Waals surface area contributed by atoms with Crippen LogP contribution in [0.3, 0.4) is 0 Å². The summed E-state index contributed by atoms with van der Waals surface area (Å²) in [6.45, 7) is 8.09. The van der Waals surface area contributed by atoms with Gasteiger partial charge in [-0.2, -0.15) is 0 Å². The second kappa shape index (κ2) is 5.65. The minimum Gasteiger partial charge on any atom is -0.447 e. The second-order valence-corrected chi connectivity index (χ2v) is 5.67. The van der Waals surface area contributed by atoms with Gasteiger partial charge in [-0.3, -0.25) is 4.79 Å². The third kappa shape index (κ3) is 2.55. The fourth-order valence-electron chi connectivity index (χ4n) is 2.59. The van der Waals surface area contributed by atoms with Gasteiger partial charge in [0, 0.05) is 0 Å². The number of carbonyl (C=O) groups excluding carboxylic acids is 2. The lowest BCUT2D eigenvalue weighted by molar-refractivity contribution is -0.131. The SMILES string of the molecule is Cc1ccccc1[C@@H](C)C(=O)N1C(=O)OC[C@H]1C(C)C. The molecule has 1 saturated heterocycles. The lowest BCUT2D eigenvalue weighted by Crippen LogP contribution is -2.43. The topological polar surface area (TPSA) is 46.6 Å². The van der Waals surface area contributed by atoms with Crippen molar-refractivity contribution in [1.29, 1.82) is 0 Å². The van der Waals surface area contributed by atoms with Crippen LogP contribution in [0.15, 0.2) is 24.3 Å². The largest absolute Gasteiger partial charge is 0.447 e. The molecule has 0 radical (unpaired) electrons. The van der Waals surface area contributed by atoms with Crippen LogP contribution in [0.5, 0.6) is 0 Å². The van der Waals surface area contributed by atoms with Crippen molar-refractivity contribution >= 4 is 12.0 Å². The monoisotopic (exact) mass is 275 g/mol. The fourth-order valence-corrected chi connectivity index (χ4v) is 2.59. The van der Waals surface area contributed by atoms with Gasteiger partial charge in [-0.05, 0) is 30.9 Å². The number of hydrogen-bond acceptors (Lipinski definition) is 3. The zero-order valence-electron chi connectivity index (χ0n) is 12.4. The Balaban J connectivity index is 2.26. The van der Waals surface area contributed by atoms with E-state index in [0.717, 1.165) is 11.1 Å². The van der Waals surface area contributed by atoms with Crippen molar-refractivity contribution in [1.82, 2.24) is 4.90 Å². The molecule has 1 heterocycles. The van der Waals surface area contributed by atoms with Crippen molar-refractivity contribution in [2.45, 2.75) is 39.7 Å². The molecule has 2 amide bonds. The first-order valence-electron chi connectivity index (χ1n) is 6.98. The third-order valence-corrected chi connectivity index (χ3v) is 3.94. The summed E-state index contributed by atoms with van der Waals surface area (Å²) in [5.74, 6) is -0.335. The van der Waals surface area contributed by atoms with Crippen LogP contribution in [-0.4, -0.2) is 29.5 Å². The van der Waals surface area contributed by atoms with Gasteiger partial charge in [0.25, 0.3) is 0 Å². The molecule has 0 saturated carbocycles. The van der Waals surface area contributed by atoms with E-state index in [0.29, 0.717) is 6.61 Å². The Labute approximate surface area is 119 Å². The molecule has 0 N–H and O–H groups in total. The minimum atomic E-state index is -0.519. The highest BCUT2D eigenvalue weighted by atomic mass is 16.6. The number of amides is 2. The Morgan fingerprint density at radius 2 is 1.95 bits per heavy atom. The fraction of sp³-hybridized carbons (Fsp3) is 0.500. The summed E-state index contributed by atoms with van der Waals surface area (Å²) < 4.78 is 5.04. The van der Waals surface area contributed by atoms with Crippen molar-refractivity contribution in [3.63, 3.8) is 0 Å². The van der Waals surface area contributed by atoms with E-state index in [-0.39, 0.29) is 23.8 Å². The number of cyclic esters (lactones) is 1. The number of benzene rings is 1. The van der Waals surface area contributed by atoms with E-state index in [1.807, 2.05) is 52.0 Å². The summed E-state index contributed by atoms with van der Waals surface area (Å²) >= 11 is 0. The van der Waals surface area contributed by atoms with E-state index < -0.39 is 6.09 Å². The molecule has 0 spiro atoms. The number of aryl methyl sites for hydroxylation is 1. The number of carbonyl (C=O) groups is 2. The van der Waals surface area contributed by atoms with Crippen LogP contribution < -0.4 is 0 Å². The molecule has 1 aliphatic rings. The molecule has 2 atom stereocenters. The quantitative estimate of drug-likeness (QED) is 0.851. The zero-order valence-corrected chi connectivity index (χ0v) is 12.4. The molecule has 1 aromatic rings. The molecule has 2 rings (SSSR count). The van der Waals surface area contributed by atoms with Gasteiger partial charge in [0.2, 0.25) is 5.91 Å². The molecule has 4 heteroatoms. The standard InChI is InChI=1S/C16H21NO3/c1-10(2)14-9-20-16(19)17(14)15(18)12(4)13-8-6-5-7-11(13)3/h5-8,10,12,14H,9H2,1-4H3/t12-,14+/m1/s1. The highest BCUT2D eigenvalue weighted by Crippen LogP contribution is 2.27. The first kappa shape index (κ1) is 14.6. The van der Waals surface area contributed by atoms with Crippen molar-refractivity contribution < 1.29 is 14.3 Å². The number of hydrogen-bond donors (Lipinski definition) is 0. The molecule has 0 bridgehead atoms. The predicted molar refractivity (Wildman–Crippen MR) is 76.4 cm³/mol. The Kier molecular flexibility index (Phi) is 4.12. The van der Waals surface area contributed by atoms with E-state index in [4.69, 9.17) is 4.74 Å². The number of rotatable bonds is 3. The van der Waals surface area contributed by atoms with Crippen LogP contribution in [0.25, 0.3) is 0 Å². The van der Waals surface area contributed by atoms with E-state index in [1.54, 1.807) is 0 Å². The smallest absolute Gasteiger partial charge is 0.417 e. The molecule has 0 aromatic heterocycles. The van der Waals surface area contributed by atoms with Crippen molar-refractivity contribution in [3.8, 4) is 0 Å². The lowest BCUT2D eigenvalue weighted by atomic mass is 9.94. The van der Waals surface area contributed by atoms with Gasteiger partial charge < -0.3 is 4.74 Å². The molecule has 0 aliphatic carbocycles. The van der Waals surface area contributed by atoms with Gasteiger partial charge in [-0.15, -0.1) is 0 Å². The maximum atomic E-state index is 12.6. The summed E-state index contributed by atoms with van der Waals surface area (Å²) in [6.07, 6.45) is -0.519. The minimum absolute atomic E-state index is 0.165. The van der Waals surface area contributed by atoms with Crippen LogP contribution in [0, 0.1) is 12.8 Å². The Hall–Kier alpha value is -1.84. The molecule has 1 aliphatic heterocycles. The van der Waals surface area contributed by atoms with Crippen LogP contribution >= 0.6 is 0 Å². The zero-order chi connectivity index (χ0) is 14.9. The van der Waals surface area contributed by atoms with Gasteiger partial charge in [-0.1, -0.05) is 38.1 Å². The normalized spacial score (nSPS) is 20.1. The van der Waals surface area contributed by atoms with E-state index >= 15 is 0 Å². The first-order valence-corrected chi connectivity index (χ1v) is 6.98. The number of nitrogens with zero attached hydrogens (tertiary/aromatic N) is 1. The number of imide groups is 1. The van der Waals surface area contributed by atoms with Gasteiger partial charge >= 0.3 is 6.09 Å². The van der Waals surface area contributed by atoms with Crippen LogP contribution in [0.4, 0.5) is 4.79 Å². The highest BCUT2D eigenvalue weighted by molar-refractivity contribution is 5.97. The third-order valence-electron chi connectivity index (χ3n) is 3.94. The molecule has 20 heavy (non-hydrogen) atoms. The molecule has 0 unspecified atom stereocenters. The molecular formula is C16H21NO3. The van der Waals surface area contributed by atoms with Crippen molar-refractivity contribution in [3.05, 3.63) is 35.4 Å². The average molecular weight is 275 g/mol. The highest BCUT2D eigenvalue weighted by Gasteiger charge is 2.41. The molecule has 1 fully saturated rings. The van der Waals surface area contributed by atoms with Crippen LogP contribution in [0.1, 0.15) is 37.8 Å². The van der Waals surface area contributed by atoms with Crippen molar-refractivity contribution in [2.75, 3.05) is 6.61 Å². The van der Waals surface area contributed by atoms with Gasteiger partial charge in [0.05, 0.1) is 12.0 Å². The summed E-state index contributed by atoms with van der Waals surface area (Å²) in [5.41, 5.74) is 2.02. The molecule has 4 nitrogen and oxygen atoms in total. The van der Waals surface area contributed by atoms with E-state index in [2.05, 4.69) is 0 Å². The molecule has 1 aromatic carbocycles. The Morgan fingerprint density at radius 3 is 2.55 bits per heavy atom. The summed E-state index contributed by atoms with van der Waals surface area (Å²) in [4.78, 5) is 25.8. The van der Waals surface area contributed by atoms with Gasteiger partial charge in [0.15, 0.2) is 0 Å².